The molecule has 1 rings (SSSR count). The summed E-state index contributed by atoms with van der Waals surface area (Å²) in [5, 5.41) is 4.34. The lowest BCUT2D eigenvalue weighted by atomic mass is 10.0. The number of hydrogen-bond donors (Lipinski definition) is 1. The van der Waals surface area contributed by atoms with Crippen LogP contribution >= 0.6 is 0 Å². The summed E-state index contributed by atoms with van der Waals surface area (Å²) < 4.78 is 31.0. The first kappa shape index (κ1) is 24.0. The van der Waals surface area contributed by atoms with Gasteiger partial charge in [-0.2, -0.15) is 13.5 Å². The molecule has 1 aliphatic rings. The highest BCUT2D eigenvalue weighted by Gasteiger charge is 2.26. The number of hydrogen-bond acceptors (Lipinski definition) is 7. The predicted molar refractivity (Wildman–Crippen MR) is 109 cm³/mol. The van der Waals surface area contributed by atoms with E-state index in [4.69, 9.17) is 5.73 Å². The molecule has 8 heteroatoms. The van der Waals surface area contributed by atoms with Crippen LogP contribution in [0.2, 0.25) is 0 Å². The minimum Gasteiger partial charge on any atom is -0.365 e. The molecule has 0 unspecified atom stereocenters. The zero-order valence-electron chi connectivity index (χ0n) is 17.0. The average molecular weight is 406 g/mol. The molecule has 0 atom stereocenters. The number of nitrogens with two attached hydrogens (primary N) is 1. The quantitative estimate of drug-likeness (QED) is 0.343. The number of hydroxylamine groups is 2. The van der Waals surface area contributed by atoms with Gasteiger partial charge in [0.25, 0.3) is 5.96 Å². The van der Waals surface area contributed by atoms with Crippen molar-refractivity contribution in [1.29, 1.82) is 0 Å². The standard InChI is InChI=1S/C19H39N3O4S/c1-2-3-4-5-6-7-8-9-10-11-12-13-14-15-16-17-18-22-19(20)21-25-27(23,24)26-22/h2-18H2,1H3,(H2,20,21). The van der Waals surface area contributed by atoms with Crippen molar-refractivity contribution in [2.75, 3.05) is 6.54 Å². The predicted octanol–water partition coefficient (Wildman–Crippen LogP) is 4.99. The van der Waals surface area contributed by atoms with Crippen LogP contribution in [0.3, 0.4) is 0 Å². The van der Waals surface area contributed by atoms with Gasteiger partial charge in [-0.1, -0.05) is 103 Å². The van der Waals surface area contributed by atoms with E-state index < -0.39 is 10.4 Å². The van der Waals surface area contributed by atoms with Crippen molar-refractivity contribution in [2.45, 2.75) is 110 Å². The summed E-state index contributed by atoms with van der Waals surface area (Å²) >= 11 is 0. The molecule has 0 radical (unpaired) electrons. The Morgan fingerprint density at radius 2 is 1.19 bits per heavy atom. The van der Waals surface area contributed by atoms with Gasteiger partial charge in [-0.05, 0) is 11.6 Å². The second-order valence-electron chi connectivity index (χ2n) is 7.41. The second kappa shape index (κ2) is 15.0. The molecule has 27 heavy (non-hydrogen) atoms. The molecule has 160 valence electrons. The normalized spacial score (nSPS) is 16.2. The van der Waals surface area contributed by atoms with Gasteiger partial charge in [0.15, 0.2) is 0 Å². The number of guanidine groups is 1. The molecule has 7 nitrogen and oxygen atoms in total. The number of unbranched alkanes of at least 4 members (excludes halogenated alkanes) is 15. The monoisotopic (exact) mass is 405 g/mol. The van der Waals surface area contributed by atoms with Crippen molar-refractivity contribution >= 4 is 16.4 Å². The summed E-state index contributed by atoms with van der Waals surface area (Å²) in [5.74, 6) is -0.0641. The van der Waals surface area contributed by atoms with Crippen molar-refractivity contribution in [3.05, 3.63) is 0 Å². The van der Waals surface area contributed by atoms with Crippen molar-refractivity contribution < 1.29 is 17.0 Å². The first-order valence-electron chi connectivity index (χ1n) is 10.8. The van der Waals surface area contributed by atoms with Crippen LogP contribution in [0.1, 0.15) is 110 Å². The van der Waals surface area contributed by atoms with E-state index in [0.29, 0.717) is 6.54 Å². The minimum absolute atomic E-state index is 0.0641. The smallest absolute Gasteiger partial charge is 0.365 e. The fourth-order valence-electron chi connectivity index (χ4n) is 3.25. The molecule has 0 saturated carbocycles. The Morgan fingerprint density at radius 3 is 1.63 bits per heavy atom. The average Bonchev–Trinajstić information content (AvgIpc) is 2.64. The molecule has 1 heterocycles. The van der Waals surface area contributed by atoms with Crippen LogP contribution in [0.15, 0.2) is 5.16 Å². The van der Waals surface area contributed by atoms with Gasteiger partial charge in [-0.25, -0.2) is 4.28 Å². The Kier molecular flexibility index (Phi) is 13.3. The van der Waals surface area contributed by atoms with Gasteiger partial charge in [-0.3, -0.25) is 0 Å². The van der Waals surface area contributed by atoms with E-state index >= 15 is 0 Å². The molecule has 0 fully saturated rings. The Hall–Kier alpha value is -1.02. The first-order chi connectivity index (χ1) is 13.0. The van der Waals surface area contributed by atoms with Gasteiger partial charge in [0, 0.05) is 0 Å². The Bertz CT molecular complexity index is 497. The number of oxime groups is 1. The maximum Gasteiger partial charge on any atom is 0.491 e. The lowest BCUT2D eigenvalue weighted by Gasteiger charge is -2.22. The van der Waals surface area contributed by atoms with Gasteiger partial charge in [0.05, 0.1) is 6.54 Å². The fraction of sp³-hybridized carbons (Fsp3) is 0.947. The van der Waals surface area contributed by atoms with E-state index in [0.717, 1.165) is 24.3 Å². The minimum atomic E-state index is -4.08. The van der Waals surface area contributed by atoms with Crippen molar-refractivity contribution in [3.63, 3.8) is 0 Å². The number of nitrogens with zero attached hydrogens (tertiary/aromatic N) is 2. The zero-order chi connectivity index (χ0) is 19.8. The molecule has 1 aliphatic heterocycles. The lowest BCUT2D eigenvalue weighted by Crippen LogP contribution is -2.43. The summed E-state index contributed by atoms with van der Waals surface area (Å²) in [7, 11) is -4.08. The van der Waals surface area contributed by atoms with Crippen molar-refractivity contribution in [1.82, 2.24) is 5.06 Å². The van der Waals surface area contributed by atoms with E-state index in [9.17, 15) is 8.42 Å². The summed E-state index contributed by atoms with van der Waals surface area (Å²) in [5.41, 5.74) is 5.53. The Morgan fingerprint density at radius 1 is 0.778 bits per heavy atom. The molecular weight excluding hydrogens is 366 g/mol. The molecule has 0 aromatic carbocycles. The third kappa shape index (κ3) is 12.9. The third-order valence-electron chi connectivity index (χ3n) is 4.87. The van der Waals surface area contributed by atoms with Gasteiger partial charge in [0.1, 0.15) is 0 Å². The maximum absolute atomic E-state index is 11.1. The summed E-state index contributed by atoms with van der Waals surface area (Å²) in [6, 6.07) is 0. The van der Waals surface area contributed by atoms with Crippen LogP contribution in [0.5, 0.6) is 0 Å². The third-order valence-corrected chi connectivity index (χ3v) is 5.49. The van der Waals surface area contributed by atoms with Gasteiger partial charge < -0.3 is 5.73 Å². The topological polar surface area (TPSA) is 94.2 Å². The highest BCUT2D eigenvalue weighted by molar-refractivity contribution is 7.81. The number of rotatable bonds is 17. The van der Waals surface area contributed by atoms with Crippen LogP contribution in [0, 0.1) is 0 Å². The van der Waals surface area contributed by atoms with E-state index in [-0.39, 0.29) is 5.96 Å². The van der Waals surface area contributed by atoms with Crippen LogP contribution in [-0.4, -0.2) is 26.0 Å². The van der Waals surface area contributed by atoms with Crippen LogP contribution < -0.4 is 5.73 Å². The van der Waals surface area contributed by atoms with Crippen molar-refractivity contribution in [2.24, 2.45) is 10.9 Å². The van der Waals surface area contributed by atoms with E-state index in [2.05, 4.69) is 20.6 Å². The van der Waals surface area contributed by atoms with Crippen LogP contribution in [0.25, 0.3) is 0 Å². The van der Waals surface area contributed by atoms with E-state index in [1.54, 1.807) is 0 Å². The van der Waals surface area contributed by atoms with Crippen molar-refractivity contribution in [3.8, 4) is 0 Å². The van der Waals surface area contributed by atoms with Gasteiger partial charge in [0.2, 0.25) is 0 Å². The Labute approximate surface area is 165 Å². The fourth-order valence-corrected chi connectivity index (χ4v) is 3.81. The van der Waals surface area contributed by atoms with Crippen LogP contribution in [-0.2, 0) is 19.0 Å². The Balaban J connectivity index is 1.82. The molecule has 0 aliphatic carbocycles. The molecule has 2 N–H and O–H groups in total. The molecule has 0 saturated heterocycles. The molecule has 0 amide bonds. The van der Waals surface area contributed by atoms with Crippen LogP contribution in [0.4, 0.5) is 0 Å². The van der Waals surface area contributed by atoms with E-state index in [1.165, 1.54) is 83.5 Å². The first-order valence-corrected chi connectivity index (χ1v) is 12.1. The summed E-state index contributed by atoms with van der Waals surface area (Å²) in [6.45, 7) is 2.66. The molecule has 0 spiro atoms. The highest BCUT2D eigenvalue weighted by atomic mass is 32.3. The highest BCUT2D eigenvalue weighted by Crippen LogP contribution is 2.14. The molecule has 0 aromatic rings. The molecule has 0 bridgehead atoms. The summed E-state index contributed by atoms with van der Waals surface area (Å²) in [6.07, 6.45) is 20.7. The second-order valence-corrected chi connectivity index (χ2v) is 8.53. The van der Waals surface area contributed by atoms with Gasteiger partial charge >= 0.3 is 10.4 Å². The van der Waals surface area contributed by atoms with Gasteiger partial charge in [-0.15, -0.1) is 4.28 Å². The zero-order valence-corrected chi connectivity index (χ0v) is 17.9. The SMILES string of the molecule is CCCCCCCCCCCCCCCCCCN1OS(=O)(=O)ON=C1N. The maximum atomic E-state index is 11.1. The summed E-state index contributed by atoms with van der Waals surface area (Å²) in [4.78, 5) is 0. The molecular formula is C19H39N3O4S. The largest absolute Gasteiger partial charge is 0.491 e. The lowest BCUT2D eigenvalue weighted by molar-refractivity contribution is -0.0148. The van der Waals surface area contributed by atoms with E-state index in [1.807, 2.05) is 0 Å². The molecule has 0 aromatic heterocycles.